The minimum atomic E-state index is 0.441. The lowest BCUT2D eigenvalue weighted by Gasteiger charge is -1.98. The zero-order valence-corrected chi connectivity index (χ0v) is 9.20. The van der Waals surface area contributed by atoms with Crippen LogP contribution >= 0.6 is 0 Å². The molecule has 0 amide bonds. The Hall–Kier alpha value is -1.85. The van der Waals surface area contributed by atoms with Gasteiger partial charge in [0.25, 0.3) is 0 Å². The first-order chi connectivity index (χ1) is 7.06. The van der Waals surface area contributed by atoms with Gasteiger partial charge in [0.15, 0.2) is 0 Å². The number of nitrogens with zero attached hydrogens (tertiary/aromatic N) is 3. The van der Waals surface area contributed by atoms with Gasteiger partial charge in [0, 0.05) is 5.56 Å². The Bertz CT molecular complexity index is 406. The first-order valence-corrected chi connectivity index (χ1v) is 4.48. The molecule has 0 radical (unpaired) electrons. The Morgan fingerprint density at radius 1 is 1.33 bits per heavy atom. The summed E-state index contributed by atoms with van der Waals surface area (Å²) >= 11 is 0. The molecule has 0 aliphatic carbocycles. The van der Waals surface area contributed by atoms with Crippen LogP contribution in [0.1, 0.15) is 25.1 Å². The number of rotatable bonds is 3. The predicted molar refractivity (Wildman–Crippen MR) is 57.6 cm³/mol. The summed E-state index contributed by atoms with van der Waals surface area (Å²) in [5.41, 5.74) is 5.46. The first kappa shape index (κ1) is 11.2. The normalized spacial score (nSPS) is 13.1. The van der Waals surface area contributed by atoms with Crippen molar-refractivity contribution in [3.8, 4) is 0 Å². The van der Waals surface area contributed by atoms with Gasteiger partial charge in [-0.25, -0.2) is 5.43 Å². The second-order valence-corrected chi connectivity index (χ2v) is 3.22. The maximum absolute atomic E-state index is 8.50. The molecule has 1 rings (SSSR count). The van der Waals surface area contributed by atoms with Crippen molar-refractivity contribution in [2.45, 2.75) is 27.7 Å². The standard InChI is InChI=1S/C9H14N4O2/c1-5-6(2)13-15-9(5)11-10-7(3)8(4)12-14/h11,14H,1-4H3/b10-7+,12-8+. The van der Waals surface area contributed by atoms with E-state index in [0.29, 0.717) is 17.3 Å². The van der Waals surface area contributed by atoms with Crippen LogP contribution in [0.2, 0.25) is 0 Å². The summed E-state index contributed by atoms with van der Waals surface area (Å²) in [5.74, 6) is 0.498. The van der Waals surface area contributed by atoms with Gasteiger partial charge >= 0.3 is 0 Å². The fourth-order valence-electron chi connectivity index (χ4n) is 0.807. The van der Waals surface area contributed by atoms with E-state index in [1.807, 2.05) is 13.8 Å². The Morgan fingerprint density at radius 2 is 2.00 bits per heavy atom. The molecule has 6 nitrogen and oxygen atoms in total. The van der Waals surface area contributed by atoms with Crippen LogP contribution < -0.4 is 5.43 Å². The monoisotopic (exact) mass is 210 g/mol. The number of oxime groups is 1. The molecule has 0 saturated heterocycles. The second kappa shape index (κ2) is 4.59. The van der Waals surface area contributed by atoms with E-state index < -0.39 is 0 Å². The van der Waals surface area contributed by atoms with Gasteiger partial charge in [-0.2, -0.15) is 5.10 Å². The summed E-state index contributed by atoms with van der Waals surface area (Å²) in [4.78, 5) is 0. The number of nitrogens with one attached hydrogen (secondary N) is 1. The van der Waals surface area contributed by atoms with Crippen molar-refractivity contribution in [2.75, 3.05) is 5.43 Å². The van der Waals surface area contributed by atoms with Gasteiger partial charge < -0.3 is 9.73 Å². The smallest absolute Gasteiger partial charge is 0.247 e. The molecule has 0 aliphatic heterocycles. The van der Waals surface area contributed by atoms with Crippen LogP contribution in [-0.4, -0.2) is 21.8 Å². The number of hydrogen-bond donors (Lipinski definition) is 2. The largest absolute Gasteiger partial charge is 0.411 e. The van der Waals surface area contributed by atoms with Crippen molar-refractivity contribution in [3.63, 3.8) is 0 Å². The highest BCUT2D eigenvalue weighted by Gasteiger charge is 2.07. The Morgan fingerprint density at radius 3 is 2.47 bits per heavy atom. The first-order valence-electron chi connectivity index (χ1n) is 4.48. The van der Waals surface area contributed by atoms with E-state index in [4.69, 9.17) is 9.73 Å². The molecule has 0 aromatic carbocycles. The lowest BCUT2D eigenvalue weighted by molar-refractivity contribution is 0.320. The third-order valence-electron chi connectivity index (χ3n) is 2.16. The van der Waals surface area contributed by atoms with Crippen LogP contribution in [0.3, 0.4) is 0 Å². The van der Waals surface area contributed by atoms with Crippen molar-refractivity contribution in [3.05, 3.63) is 11.3 Å². The van der Waals surface area contributed by atoms with Crippen LogP contribution in [0.15, 0.2) is 14.8 Å². The van der Waals surface area contributed by atoms with E-state index in [-0.39, 0.29) is 0 Å². The van der Waals surface area contributed by atoms with Gasteiger partial charge in [-0.3, -0.25) is 0 Å². The lowest BCUT2D eigenvalue weighted by Crippen LogP contribution is -2.08. The topological polar surface area (TPSA) is 83.0 Å². The van der Waals surface area contributed by atoms with Crippen LogP contribution in [0.25, 0.3) is 0 Å². The summed E-state index contributed by atoms with van der Waals surface area (Å²) in [6, 6.07) is 0. The van der Waals surface area contributed by atoms with Crippen molar-refractivity contribution in [1.29, 1.82) is 0 Å². The average molecular weight is 210 g/mol. The van der Waals surface area contributed by atoms with Crippen LogP contribution in [0, 0.1) is 13.8 Å². The van der Waals surface area contributed by atoms with Crippen molar-refractivity contribution < 1.29 is 9.73 Å². The minimum Gasteiger partial charge on any atom is -0.411 e. The second-order valence-electron chi connectivity index (χ2n) is 3.22. The Labute approximate surface area is 87.6 Å². The number of anilines is 1. The fraction of sp³-hybridized carbons (Fsp3) is 0.444. The van der Waals surface area contributed by atoms with Crippen LogP contribution in [0.4, 0.5) is 5.88 Å². The van der Waals surface area contributed by atoms with Gasteiger partial charge in [-0.05, 0) is 27.7 Å². The summed E-state index contributed by atoms with van der Waals surface area (Å²) in [6.07, 6.45) is 0. The van der Waals surface area contributed by atoms with Gasteiger partial charge in [-0.15, -0.1) is 0 Å². The van der Waals surface area contributed by atoms with Crippen molar-refractivity contribution in [1.82, 2.24) is 5.16 Å². The molecule has 1 aromatic heterocycles. The Balaban J connectivity index is 2.76. The van der Waals surface area contributed by atoms with Gasteiger partial charge in [0.05, 0.1) is 17.1 Å². The maximum atomic E-state index is 8.50. The molecule has 0 bridgehead atoms. The number of aryl methyl sites for hydroxylation is 1. The highest BCUT2D eigenvalue weighted by molar-refractivity contribution is 6.40. The molecule has 1 aromatic rings. The molecule has 0 spiro atoms. The van der Waals surface area contributed by atoms with Gasteiger partial charge in [-0.1, -0.05) is 10.3 Å². The van der Waals surface area contributed by atoms with E-state index in [1.54, 1.807) is 13.8 Å². The zero-order valence-electron chi connectivity index (χ0n) is 9.20. The van der Waals surface area contributed by atoms with Crippen LogP contribution in [0.5, 0.6) is 0 Å². The molecule has 2 N–H and O–H groups in total. The molecule has 82 valence electrons. The predicted octanol–water partition coefficient (Wildman–Crippen LogP) is 1.93. The molecular formula is C9H14N4O2. The van der Waals surface area contributed by atoms with Gasteiger partial charge in [0.2, 0.25) is 5.88 Å². The zero-order chi connectivity index (χ0) is 11.4. The maximum Gasteiger partial charge on any atom is 0.247 e. The minimum absolute atomic E-state index is 0.441. The SMILES string of the molecule is CC(=N\O)/C(C)=N/Nc1onc(C)c1C. The quantitative estimate of drug-likeness (QED) is 0.453. The van der Waals surface area contributed by atoms with Crippen LogP contribution in [-0.2, 0) is 0 Å². The van der Waals surface area contributed by atoms with E-state index in [2.05, 4.69) is 20.8 Å². The van der Waals surface area contributed by atoms with Gasteiger partial charge in [0.1, 0.15) is 0 Å². The number of hydrogen-bond acceptors (Lipinski definition) is 6. The molecule has 0 aliphatic rings. The van der Waals surface area contributed by atoms with Crippen molar-refractivity contribution in [2.24, 2.45) is 10.3 Å². The summed E-state index contributed by atoms with van der Waals surface area (Å²) in [5, 5.41) is 19.3. The third kappa shape index (κ3) is 2.55. The number of hydrazone groups is 1. The molecule has 6 heteroatoms. The molecule has 0 atom stereocenters. The fourth-order valence-corrected chi connectivity index (χ4v) is 0.807. The Kier molecular flexibility index (Phi) is 3.43. The molecule has 0 fully saturated rings. The number of aromatic nitrogens is 1. The highest BCUT2D eigenvalue weighted by Crippen LogP contribution is 2.16. The van der Waals surface area contributed by atoms with E-state index in [1.165, 1.54) is 0 Å². The third-order valence-corrected chi connectivity index (χ3v) is 2.16. The lowest BCUT2D eigenvalue weighted by atomic mass is 10.3. The summed E-state index contributed by atoms with van der Waals surface area (Å²) in [6.45, 7) is 7.10. The summed E-state index contributed by atoms with van der Waals surface area (Å²) < 4.78 is 4.99. The molecule has 1 heterocycles. The van der Waals surface area contributed by atoms with E-state index in [0.717, 1.165) is 11.3 Å². The van der Waals surface area contributed by atoms with E-state index in [9.17, 15) is 0 Å². The average Bonchev–Trinajstić information content (AvgIpc) is 2.55. The molecule has 15 heavy (non-hydrogen) atoms. The highest BCUT2D eigenvalue weighted by atomic mass is 16.5. The molecule has 0 saturated carbocycles. The van der Waals surface area contributed by atoms with Crippen molar-refractivity contribution >= 4 is 17.3 Å². The molecular weight excluding hydrogens is 196 g/mol. The summed E-state index contributed by atoms with van der Waals surface area (Å²) in [7, 11) is 0. The molecule has 0 unspecified atom stereocenters. The van der Waals surface area contributed by atoms with E-state index >= 15 is 0 Å².